The van der Waals surface area contributed by atoms with Gasteiger partial charge in [-0.15, -0.1) is 0 Å². The van der Waals surface area contributed by atoms with Crippen LogP contribution in [0.1, 0.15) is 57.1 Å². The van der Waals surface area contributed by atoms with Gasteiger partial charge in [0.2, 0.25) is 11.8 Å². The van der Waals surface area contributed by atoms with Crippen molar-refractivity contribution in [3.8, 4) is 5.75 Å². The number of halogens is 1. The van der Waals surface area contributed by atoms with Crippen LogP contribution in [0, 0.1) is 11.3 Å². The summed E-state index contributed by atoms with van der Waals surface area (Å²) in [4.78, 5) is 43.8. The zero-order valence-corrected chi connectivity index (χ0v) is 22.8. The molecule has 1 saturated heterocycles. The quantitative estimate of drug-likeness (QED) is 0.503. The van der Waals surface area contributed by atoms with E-state index in [2.05, 4.69) is 15.6 Å². The molecule has 3 rings (SSSR count). The summed E-state index contributed by atoms with van der Waals surface area (Å²) in [6, 6.07) is 9.13. The second-order valence-electron chi connectivity index (χ2n) is 10.4. The summed E-state index contributed by atoms with van der Waals surface area (Å²) in [7, 11) is 1.52. The fourth-order valence-electron chi connectivity index (χ4n) is 4.70. The van der Waals surface area contributed by atoms with Crippen LogP contribution in [-0.2, 0) is 15.2 Å². The van der Waals surface area contributed by atoms with Crippen molar-refractivity contribution in [1.82, 2.24) is 15.2 Å². The molecule has 1 aliphatic heterocycles. The first-order valence-electron chi connectivity index (χ1n) is 12.2. The van der Waals surface area contributed by atoms with Crippen molar-refractivity contribution in [1.29, 1.82) is 0 Å². The van der Waals surface area contributed by atoms with Crippen molar-refractivity contribution in [2.75, 3.05) is 25.5 Å². The molecular weight excluding hydrogens is 496 g/mol. The zero-order chi connectivity index (χ0) is 27.5. The highest BCUT2D eigenvalue weighted by atomic mass is 35.5. The number of aliphatic hydroxyl groups is 1. The fraction of sp³-hybridized carbons (Fsp3) is 0.481. The Labute approximate surface area is 222 Å². The Balaban J connectivity index is 1.78. The topological polar surface area (TPSA) is 121 Å². The minimum atomic E-state index is -1.22. The molecule has 2 atom stereocenters. The molecule has 3 N–H and O–H groups in total. The van der Waals surface area contributed by atoms with Crippen molar-refractivity contribution in [3.63, 3.8) is 0 Å². The van der Waals surface area contributed by atoms with Gasteiger partial charge in [0, 0.05) is 25.4 Å². The molecule has 0 saturated carbocycles. The Morgan fingerprint density at radius 3 is 2.49 bits per heavy atom. The second kappa shape index (κ2) is 11.1. The van der Waals surface area contributed by atoms with Crippen LogP contribution in [0.3, 0.4) is 0 Å². The molecule has 1 aromatic heterocycles. The number of rotatable bonds is 7. The number of piperidine rings is 1. The molecule has 9 nitrogen and oxygen atoms in total. The molecule has 200 valence electrons. The summed E-state index contributed by atoms with van der Waals surface area (Å²) in [5.41, 5.74) is -1.16. The van der Waals surface area contributed by atoms with Crippen LogP contribution in [0.2, 0.25) is 5.02 Å². The van der Waals surface area contributed by atoms with Crippen LogP contribution in [0.25, 0.3) is 0 Å². The SMILES string of the molecule is COc1cc(C2(O)CCN(C(=O)[C@H](NC(=O)c3cccc(NC(C)=O)n3)C(C)C)CC2(C)C)ccc1Cl. The molecule has 1 aromatic carbocycles. The lowest BCUT2D eigenvalue weighted by Crippen LogP contribution is -2.60. The van der Waals surface area contributed by atoms with Crippen LogP contribution in [0.15, 0.2) is 36.4 Å². The number of pyridine rings is 1. The largest absolute Gasteiger partial charge is 0.495 e. The van der Waals surface area contributed by atoms with Crippen LogP contribution < -0.4 is 15.4 Å². The number of methoxy groups -OCH3 is 1. The smallest absolute Gasteiger partial charge is 0.270 e. The van der Waals surface area contributed by atoms with E-state index >= 15 is 0 Å². The first-order chi connectivity index (χ1) is 17.3. The molecule has 2 aromatic rings. The van der Waals surface area contributed by atoms with Crippen molar-refractivity contribution < 1.29 is 24.2 Å². The molecule has 2 heterocycles. The highest BCUT2D eigenvalue weighted by Crippen LogP contribution is 2.47. The van der Waals surface area contributed by atoms with Crippen LogP contribution in [-0.4, -0.2) is 59.0 Å². The monoisotopic (exact) mass is 530 g/mol. The number of hydrogen-bond donors (Lipinski definition) is 3. The van der Waals surface area contributed by atoms with Crippen LogP contribution >= 0.6 is 11.6 Å². The number of amides is 3. The molecule has 0 spiro atoms. The van der Waals surface area contributed by atoms with Gasteiger partial charge in [0.05, 0.1) is 17.7 Å². The van der Waals surface area contributed by atoms with Gasteiger partial charge in [-0.25, -0.2) is 4.98 Å². The Bertz CT molecular complexity index is 1190. The van der Waals surface area contributed by atoms with Gasteiger partial charge in [-0.3, -0.25) is 14.4 Å². The van der Waals surface area contributed by atoms with Gasteiger partial charge in [-0.1, -0.05) is 51.4 Å². The number of benzene rings is 1. The minimum absolute atomic E-state index is 0.0923. The summed E-state index contributed by atoms with van der Waals surface area (Å²) in [5, 5.41) is 17.6. The van der Waals surface area contributed by atoms with Gasteiger partial charge < -0.3 is 25.4 Å². The Kier molecular flexibility index (Phi) is 8.49. The van der Waals surface area contributed by atoms with Gasteiger partial charge in [-0.05, 0) is 42.2 Å². The van der Waals surface area contributed by atoms with E-state index in [0.717, 1.165) is 0 Å². The predicted octanol–water partition coefficient (Wildman–Crippen LogP) is 3.60. The van der Waals surface area contributed by atoms with Crippen LogP contribution in [0.4, 0.5) is 5.82 Å². The number of likely N-dealkylation sites (tertiary alicyclic amines) is 1. The molecule has 37 heavy (non-hydrogen) atoms. The predicted molar refractivity (Wildman–Crippen MR) is 142 cm³/mol. The van der Waals surface area contributed by atoms with Crippen molar-refractivity contribution in [2.24, 2.45) is 11.3 Å². The Hall–Kier alpha value is -3.17. The number of ether oxygens (including phenoxy) is 1. The summed E-state index contributed by atoms with van der Waals surface area (Å²) in [5.74, 6) is -0.515. The van der Waals surface area contributed by atoms with E-state index < -0.39 is 23.0 Å². The first-order valence-corrected chi connectivity index (χ1v) is 12.6. The number of aromatic nitrogens is 1. The summed E-state index contributed by atoms with van der Waals surface area (Å²) < 4.78 is 5.33. The van der Waals surface area contributed by atoms with E-state index in [1.807, 2.05) is 27.7 Å². The third-order valence-corrected chi connectivity index (χ3v) is 7.21. The summed E-state index contributed by atoms with van der Waals surface area (Å²) in [6.07, 6.45) is 0.301. The number of carbonyl (C=O) groups is 3. The third-order valence-electron chi connectivity index (χ3n) is 6.89. The molecular formula is C27H35ClN4O5. The van der Waals surface area contributed by atoms with E-state index in [4.69, 9.17) is 16.3 Å². The highest BCUT2D eigenvalue weighted by Gasteiger charge is 2.50. The second-order valence-corrected chi connectivity index (χ2v) is 10.8. The molecule has 10 heteroatoms. The maximum absolute atomic E-state index is 13.6. The van der Waals surface area contributed by atoms with Crippen molar-refractivity contribution in [2.45, 2.75) is 52.7 Å². The lowest BCUT2D eigenvalue weighted by atomic mass is 9.66. The maximum Gasteiger partial charge on any atom is 0.270 e. The maximum atomic E-state index is 13.6. The number of hydrogen-bond acceptors (Lipinski definition) is 6. The molecule has 0 bridgehead atoms. The Morgan fingerprint density at radius 1 is 1.19 bits per heavy atom. The standard InChI is InChI=1S/C27H35ClN4O5/c1-16(2)23(31-24(34)20-8-7-9-22(30-20)29-17(3)33)25(35)32-13-12-27(36,26(4,5)15-32)18-10-11-19(28)21(14-18)37-6/h7-11,14,16,23,36H,12-13,15H2,1-6H3,(H,31,34)(H,29,30,33)/t23-,27?/m1/s1. The Morgan fingerprint density at radius 2 is 1.89 bits per heavy atom. The van der Waals surface area contributed by atoms with E-state index in [-0.39, 0.29) is 35.8 Å². The summed E-state index contributed by atoms with van der Waals surface area (Å²) >= 11 is 6.18. The van der Waals surface area contributed by atoms with Crippen molar-refractivity contribution >= 4 is 35.1 Å². The van der Waals surface area contributed by atoms with E-state index in [1.165, 1.54) is 20.1 Å². The van der Waals surface area contributed by atoms with Gasteiger partial charge in [0.25, 0.3) is 5.91 Å². The molecule has 1 unspecified atom stereocenters. The fourth-order valence-corrected chi connectivity index (χ4v) is 4.89. The van der Waals surface area contributed by atoms with Gasteiger partial charge in [0.15, 0.2) is 0 Å². The molecule has 3 amide bonds. The minimum Gasteiger partial charge on any atom is -0.495 e. The van der Waals surface area contributed by atoms with E-state index in [9.17, 15) is 19.5 Å². The van der Waals surface area contributed by atoms with Gasteiger partial charge in [-0.2, -0.15) is 0 Å². The molecule has 0 radical (unpaired) electrons. The zero-order valence-electron chi connectivity index (χ0n) is 22.1. The molecule has 1 fully saturated rings. The number of anilines is 1. The summed E-state index contributed by atoms with van der Waals surface area (Å²) in [6.45, 7) is 9.47. The van der Waals surface area contributed by atoms with Gasteiger partial charge >= 0.3 is 0 Å². The molecule has 0 aliphatic carbocycles. The van der Waals surface area contributed by atoms with Crippen LogP contribution in [0.5, 0.6) is 5.75 Å². The lowest BCUT2D eigenvalue weighted by Gasteiger charge is -2.51. The van der Waals surface area contributed by atoms with E-state index in [1.54, 1.807) is 35.2 Å². The van der Waals surface area contributed by atoms with E-state index in [0.29, 0.717) is 29.3 Å². The van der Waals surface area contributed by atoms with Gasteiger partial charge in [0.1, 0.15) is 23.3 Å². The average molecular weight is 531 g/mol. The number of nitrogens with one attached hydrogen (secondary N) is 2. The lowest BCUT2D eigenvalue weighted by molar-refractivity contribution is -0.155. The third kappa shape index (κ3) is 6.05. The highest BCUT2D eigenvalue weighted by molar-refractivity contribution is 6.32. The normalized spacial score (nSPS) is 19.8. The average Bonchev–Trinajstić information content (AvgIpc) is 2.83. The number of carbonyl (C=O) groups excluding carboxylic acids is 3. The van der Waals surface area contributed by atoms with Crippen molar-refractivity contribution in [3.05, 3.63) is 52.7 Å². The molecule has 1 aliphatic rings. The number of nitrogens with zero attached hydrogens (tertiary/aromatic N) is 2. The first kappa shape index (κ1) is 28.4.